The third-order valence-corrected chi connectivity index (χ3v) is 8.09. The van der Waals surface area contributed by atoms with Crippen molar-refractivity contribution in [2.24, 2.45) is 5.41 Å². The van der Waals surface area contributed by atoms with Gasteiger partial charge in [-0.1, -0.05) is 54.5 Å². The molecule has 3 aliphatic carbocycles. The molecule has 0 unspecified atom stereocenters. The monoisotopic (exact) mass is 388 g/mol. The Morgan fingerprint density at radius 2 is 1.79 bits per heavy atom. The van der Waals surface area contributed by atoms with Crippen LogP contribution in [0.25, 0.3) is 0 Å². The fourth-order valence-corrected chi connectivity index (χ4v) is 6.59. The van der Waals surface area contributed by atoms with Gasteiger partial charge in [0.05, 0.1) is 13.2 Å². The lowest BCUT2D eigenvalue weighted by atomic mass is 9.55. The van der Waals surface area contributed by atoms with Crippen LogP contribution in [0.2, 0.25) is 0 Å². The van der Waals surface area contributed by atoms with Gasteiger partial charge in [0.15, 0.2) is 0 Å². The van der Waals surface area contributed by atoms with Crippen LogP contribution in [0.4, 0.5) is 0 Å². The Morgan fingerprint density at radius 3 is 2.55 bits per heavy atom. The second kappa shape index (κ2) is 7.02. The molecule has 29 heavy (non-hydrogen) atoms. The summed E-state index contributed by atoms with van der Waals surface area (Å²) in [6.07, 6.45) is 8.58. The van der Waals surface area contributed by atoms with Crippen molar-refractivity contribution < 1.29 is 9.47 Å². The van der Waals surface area contributed by atoms with Crippen molar-refractivity contribution in [2.45, 2.75) is 63.4 Å². The number of rotatable bonds is 4. The third-order valence-electron chi connectivity index (χ3n) is 8.09. The summed E-state index contributed by atoms with van der Waals surface area (Å²) in [6.45, 7) is 2.49. The Morgan fingerprint density at radius 1 is 0.966 bits per heavy atom. The van der Waals surface area contributed by atoms with E-state index in [0.717, 1.165) is 25.0 Å². The van der Waals surface area contributed by atoms with Gasteiger partial charge >= 0.3 is 0 Å². The Kier molecular flexibility index (Phi) is 4.58. The molecule has 152 valence electrons. The van der Waals surface area contributed by atoms with E-state index in [1.807, 2.05) is 7.11 Å². The van der Waals surface area contributed by atoms with Crippen molar-refractivity contribution in [1.82, 2.24) is 0 Å². The Bertz CT molecular complexity index is 944. The summed E-state index contributed by atoms with van der Waals surface area (Å²) in [5.41, 5.74) is 8.36. The predicted octanol–water partition coefficient (Wildman–Crippen LogP) is 6.03. The van der Waals surface area contributed by atoms with Gasteiger partial charge in [-0.3, -0.25) is 0 Å². The van der Waals surface area contributed by atoms with E-state index in [1.54, 1.807) is 18.3 Å². The molecule has 0 spiro atoms. The number of hydrogen-bond acceptors (Lipinski definition) is 2. The molecular formula is C27H32O2. The summed E-state index contributed by atoms with van der Waals surface area (Å²) in [7, 11) is 3.66. The van der Waals surface area contributed by atoms with E-state index in [0.29, 0.717) is 6.10 Å². The maximum absolute atomic E-state index is 5.93. The van der Waals surface area contributed by atoms with E-state index >= 15 is 0 Å². The van der Waals surface area contributed by atoms with Gasteiger partial charge in [0, 0.05) is 12.5 Å². The number of hydrogen-bond donors (Lipinski definition) is 0. The van der Waals surface area contributed by atoms with Crippen molar-refractivity contribution in [3.05, 3.63) is 76.4 Å². The summed E-state index contributed by atoms with van der Waals surface area (Å²) in [5, 5.41) is 0. The van der Waals surface area contributed by atoms with E-state index < -0.39 is 0 Å². The molecular weight excluding hydrogens is 356 g/mol. The third kappa shape index (κ3) is 2.95. The first-order chi connectivity index (χ1) is 14.1. The van der Waals surface area contributed by atoms with E-state index in [-0.39, 0.29) is 10.8 Å². The molecule has 2 nitrogen and oxygen atoms in total. The first-order valence-corrected chi connectivity index (χ1v) is 11.0. The largest absolute Gasteiger partial charge is 0.497 e. The topological polar surface area (TPSA) is 18.5 Å². The lowest BCUT2D eigenvalue weighted by Crippen LogP contribution is -2.40. The number of aryl methyl sites for hydroxylation is 1. The molecule has 0 N–H and O–H groups in total. The summed E-state index contributed by atoms with van der Waals surface area (Å²) in [6, 6.07) is 17.8. The standard InChI is InChI=1S/C27H32O2/c1-26-13-14-27(17-19-7-5-4-6-8-19)18-22(29-3)16-25(27)24(26)11-9-20-15-21(28-2)10-12-23(20)26/h4-8,10,12,15,22H,9,11,13-14,16-18H2,1-3H3/t22-,26-,27+/m0/s1. The number of allylic oxidation sites excluding steroid dienone is 1. The van der Waals surface area contributed by atoms with Gasteiger partial charge in [0.1, 0.15) is 5.75 Å². The highest BCUT2D eigenvalue weighted by molar-refractivity contribution is 5.52. The van der Waals surface area contributed by atoms with Crippen molar-refractivity contribution in [1.29, 1.82) is 0 Å². The van der Waals surface area contributed by atoms with Crippen LogP contribution in [0.1, 0.15) is 55.7 Å². The van der Waals surface area contributed by atoms with Crippen LogP contribution in [0.5, 0.6) is 5.75 Å². The molecule has 0 heterocycles. The number of fused-ring (bicyclic) bond motifs is 4. The number of benzene rings is 2. The average molecular weight is 389 g/mol. The van der Waals surface area contributed by atoms with Crippen molar-refractivity contribution in [2.75, 3.05) is 14.2 Å². The lowest BCUT2D eigenvalue weighted by molar-refractivity contribution is 0.0913. The minimum atomic E-state index is 0.165. The van der Waals surface area contributed by atoms with Gasteiger partial charge in [-0.25, -0.2) is 0 Å². The Labute approximate surface area is 174 Å². The molecule has 0 aliphatic heterocycles. The first-order valence-electron chi connectivity index (χ1n) is 11.0. The van der Waals surface area contributed by atoms with Gasteiger partial charge < -0.3 is 9.47 Å². The minimum Gasteiger partial charge on any atom is -0.497 e. The van der Waals surface area contributed by atoms with Gasteiger partial charge in [-0.05, 0) is 79.2 Å². The highest BCUT2D eigenvalue weighted by Gasteiger charge is 2.52. The quantitative estimate of drug-likeness (QED) is 0.596. The molecule has 3 atom stereocenters. The van der Waals surface area contributed by atoms with Crippen LogP contribution >= 0.6 is 0 Å². The number of methoxy groups -OCH3 is 2. The van der Waals surface area contributed by atoms with Gasteiger partial charge in [0.2, 0.25) is 0 Å². The molecule has 2 aromatic rings. The Balaban J connectivity index is 1.61. The van der Waals surface area contributed by atoms with Crippen molar-refractivity contribution >= 4 is 0 Å². The molecule has 0 aromatic heterocycles. The fourth-order valence-electron chi connectivity index (χ4n) is 6.59. The smallest absolute Gasteiger partial charge is 0.119 e. The van der Waals surface area contributed by atoms with Crippen LogP contribution in [0, 0.1) is 5.41 Å². The highest BCUT2D eigenvalue weighted by atomic mass is 16.5. The minimum absolute atomic E-state index is 0.165. The summed E-state index contributed by atoms with van der Waals surface area (Å²) in [5.74, 6) is 0.984. The van der Waals surface area contributed by atoms with Crippen molar-refractivity contribution in [3.8, 4) is 5.75 Å². The SMILES string of the molecule is COc1ccc2c(c1)CCC1=C3C[C@H](OC)C[C@]3(Cc3ccccc3)CC[C@]12C. The Hall–Kier alpha value is -2.06. The van der Waals surface area contributed by atoms with Gasteiger partial charge in [0.25, 0.3) is 0 Å². The normalized spacial score (nSPS) is 30.5. The second-order valence-electron chi connectivity index (χ2n) is 9.52. The zero-order valence-electron chi connectivity index (χ0n) is 18.0. The second-order valence-corrected chi connectivity index (χ2v) is 9.52. The van der Waals surface area contributed by atoms with E-state index in [1.165, 1.54) is 42.4 Å². The summed E-state index contributed by atoms with van der Waals surface area (Å²) >= 11 is 0. The molecule has 0 amide bonds. The zero-order chi connectivity index (χ0) is 20.1. The molecule has 1 saturated carbocycles. The van der Waals surface area contributed by atoms with Crippen LogP contribution in [0.15, 0.2) is 59.7 Å². The van der Waals surface area contributed by atoms with Crippen LogP contribution in [0.3, 0.4) is 0 Å². The molecule has 0 bridgehead atoms. The molecule has 0 radical (unpaired) electrons. The molecule has 5 rings (SSSR count). The van der Waals surface area contributed by atoms with E-state index in [4.69, 9.17) is 9.47 Å². The van der Waals surface area contributed by atoms with Crippen LogP contribution < -0.4 is 4.74 Å². The van der Waals surface area contributed by atoms with Crippen molar-refractivity contribution in [3.63, 3.8) is 0 Å². The molecule has 1 fully saturated rings. The van der Waals surface area contributed by atoms with Gasteiger partial charge in [-0.2, -0.15) is 0 Å². The van der Waals surface area contributed by atoms with Crippen LogP contribution in [-0.2, 0) is 23.0 Å². The van der Waals surface area contributed by atoms with E-state index in [2.05, 4.69) is 55.5 Å². The maximum Gasteiger partial charge on any atom is 0.119 e. The predicted molar refractivity (Wildman–Crippen MR) is 118 cm³/mol. The molecule has 2 aromatic carbocycles. The lowest BCUT2D eigenvalue weighted by Gasteiger charge is -2.49. The molecule has 3 aliphatic rings. The summed E-state index contributed by atoms with van der Waals surface area (Å²) < 4.78 is 11.4. The highest BCUT2D eigenvalue weighted by Crippen LogP contribution is 2.61. The van der Waals surface area contributed by atoms with E-state index in [9.17, 15) is 0 Å². The molecule has 2 heteroatoms. The zero-order valence-corrected chi connectivity index (χ0v) is 18.0. The number of ether oxygens (including phenoxy) is 2. The average Bonchev–Trinajstić information content (AvgIpc) is 3.12. The summed E-state index contributed by atoms with van der Waals surface area (Å²) in [4.78, 5) is 0. The molecule has 0 saturated heterocycles. The van der Waals surface area contributed by atoms with Crippen LogP contribution in [-0.4, -0.2) is 20.3 Å². The van der Waals surface area contributed by atoms with Gasteiger partial charge in [-0.15, -0.1) is 0 Å². The maximum atomic E-state index is 5.93. The fraction of sp³-hybridized carbons (Fsp3) is 0.481. The first kappa shape index (κ1) is 18.9.